The van der Waals surface area contributed by atoms with Gasteiger partial charge in [0.15, 0.2) is 0 Å². The minimum atomic E-state index is -3.64. The molecule has 0 bridgehead atoms. The van der Waals surface area contributed by atoms with Crippen molar-refractivity contribution in [1.29, 1.82) is 0 Å². The largest absolute Gasteiger partial charge is 0.495 e. The number of sulfonamides is 1. The molecule has 8 nitrogen and oxygen atoms in total. The number of ether oxygens (including phenoxy) is 1. The number of benzene rings is 2. The zero-order valence-corrected chi connectivity index (χ0v) is 24.3. The number of nitrogens with one attached hydrogen (secondary N) is 1. The van der Waals surface area contributed by atoms with Crippen LogP contribution >= 0.6 is 23.2 Å². The number of hydrogen-bond donors (Lipinski definition) is 1. The summed E-state index contributed by atoms with van der Waals surface area (Å²) in [6.45, 7) is 1.80. The normalized spacial score (nSPS) is 14.7. The van der Waals surface area contributed by atoms with Gasteiger partial charge in [0, 0.05) is 41.2 Å². The molecule has 1 aliphatic rings. The second-order valence-electron chi connectivity index (χ2n) is 9.50. The number of methoxy groups -OCH3 is 1. The van der Waals surface area contributed by atoms with Crippen LogP contribution in [0.4, 0.5) is 5.69 Å². The van der Waals surface area contributed by atoms with E-state index < -0.39 is 16.1 Å². The molecule has 208 valence electrons. The number of rotatable bonds is 12. The molecule has 0 radical (unpaired) electrons. The number of nitrogens with zero attached hydrogens (tertiary/aromatic N) is 2. The van der Waals surface area contributed by atoms with Crippen molar-refractivity contribution in [2.45, 2.75) is 64.1 Å². The van der Waals surface area contributed by atoms with E-state index in [1.165, 1.54) is 16.3 Å². The molecule has 0 saturated heterocycles. The molecule has 3 rings (SSSR count). The maximum atomic E-state index is 13.5. The lowest BCUT2D eigenvalue weighted by molar-refractivity contribution is -0.140. The molecule has 0 aliphatic heterocycles. The third-order valence-corrected chi connectivity index (χ3v) is 8.65. The van der Waals surface area contributed by atoms with E-state index >= 15 is 0 Å². The van der Waals surface area contributed by atoms with Gasteiger partial charge in [-0.15, -0.1) is 0 Å². The van der Waals surface area contributed by atoms with Gasteiger partial charge in [-0.3, -0.25) is 13.9 Å². The summed E-state index contributed by atoms with van der Waals surface area (Å²) >= 11 is 12.8. The number of carbonyl (C=O) groups is 2. The van der Waals surface area contributed by atoms with Crippen molar-refractivity contribution in [1.82, 2.24) is 10.2 Å². The molecule has 1 atom stereocenters. The van der Waals surface area contributed by atoms with E-state index in [1.807, 2.05) is 0 Å². The van der Waals surface area contributed by atoms with Crippen LogP contribution in [0.5, 0.6) is 5.75 Å². The maximum absolute atomic E-state index is 13.5. The van der Waals surface area contributed by atoms with Crippen molar-refractivity contribution >= 4 is 50.7 Å². The Morgan fingerprint density at radius 1 is 1.08 bits per heavy atom. The minimum Gasteiger partial charge on any atom is -0.495 e. The summed E-state index contributed by atoms with van der Waals surface area (Å²) in [7, 11) is -2.17. The Morgan fingerprint density at radius 3 is 2.32 bits per heavy atom. The topological polar surface area (TPSA) is 96.0 Å². The van der Waals surface area contributed by atoms with Gasteiger partial charge in [-0.05, 0) is 50.5 Å². The molecule has 38 heavy (non-hydrogen) atoms. The first-order valence-corrected chi connectivity index (χ1v) is 15.3. The van der Waals surface area contributed by atoms with Crippen LogP contribution in [0, 0.1) is 0 Å². The number of amides is 2. The van der Waals surface area contributed by atoms with Crippen LogP contribution in [0.3, 0.4) is 0 Å². The Balaban J connectivity index is 1.78. The Labute approximate surface area is 235 Å². The van der Waals surface area contributed by atoms with E-state index in [9.17, 15) is 18.0 Å². The maximum Gasteiger partial charge on any atom is 0.242 e. The fourth-order valence-corrected chi connectivity index (χ4v) is 6.13. The molecule has 1 N–H and O–H groups in total. The molecular formula is C27H35Cl2N3O5S. The van der Waals surface area contributed by atoms with E-state index in [2.05, 4.69) is 5.32 Å². The number of carbonyl (C=O) groups excluding carboxylic acids is 2. The van der Waals surface area contributed by atoms with Crippen molar-refractivity contribution in [3.05, 3.63) is 58.1 Å². The highest BCUT2D eigenvalue weighted by molar-refractivity contribution is 7.92. The highest BCUT2D eigenvalue weighted by atomic mass is 35.5. The molecule has 1 saturated carbocycles. The number of hydrogen-bond acceptors (Lipinski definition) is 5. The third-order valence-electron chi connectivity index (χ3n) is 6.77. The Morgan fingerprint density at radius 2 is 1.71 bits per heavy atom. The Hall–Kier alpha value is -2.49. The molecule has 11 heteroatoms. The lowest BCUT2D eigenvalue weighted by atomic mass is 10.1. The number of anilines is 1. The molecule has 2 aromatic rings. The number of para-hydroxylation sites is 2. The van der Waals surface area contributed by atoms with E-state index in [0.717, 1.165) is 31.9 Å². The van der Waals surface area contributed by atoms with Crippen LogP contribution < -0.4 is 14.4 Å². The van der Waals surface area contributed by atoms with Crippen LogP contribution in [0.1, 0.15) is 51.0 Å². The van der Waals surface area contributed by atoms with Crippen molar-refractivity contribution < 1.29 is 22.7 Å². The molecular weight excluding hydrogens is 549 g/mol. The molecule has 0 aromatic heterocycles. The highest BCUT2D eigenvalue weighted by Crippen LogP contribution is 2.30. The highest BCUT2D eigenvalue weighted by Gasteiger charge is 2.30. The van der Waals surface area contributed by atoms with Crippen LogP contribution in [0.25, 0.3) is 0 Å². The zero-order chi connectivity index (χ0) is 27.9. The lowest BCUT2D eigenvalue weighted by Gasteiger charge is -2.31. The van der Waals surface area contributed by atoms with Gasteiger partial charge in [-0.1, -0.05) is 54.2 Å². The summed E-state index contributed by atoms with van der Waals surface area (Å²) < 4.78 is 31.7. The van der Waals surface area contributed by atoms with Gasteiger partial charge in [-0.25, -0.2) is 8.42 Å². The average molecular weight is 585 g/mol. The molecule has 1 fully saturated rings. The van der Waals surface area contributed by atoms with Crippen LogP contribution in [0.15, 0.2) is 42.5 Å². The average Bonchev–Trinajstić information content (AvgIpc) is 3.38. The number of halogens is 2. The van der Waals surface area contributed by atoms with E-state index in [1.54, 1.807) is 49.4 Å². The van der Waals surface area contributed by atoms with E-state index in [0.29, 0.717) is 27.0 Å². The first-order chi connectivity index (χ1) is 18.0. The van der Waals surface area contributed by atoms with Crippen molar-refractivity contribution in [2.75, 3.05) is 24.2 Å². The van der Waals surface area contributed by atoms with Gasteiger partial charge in [-0.2, -0.15) is 0 Å². The molecule has 0 spiro atoms. The summed E-state index contributed by atoms with van der Waals surface area (Å²) in [6.07, 6.45) is 5.35. The van der Waals surface area contributed by atoms with Crippen LogP contribution in [-0.4, -0.2) is 57.1 Å². The Kier molecular flexibility index (Phi) is 10.7. The van der Waals surface area contributed by atoms with Crippen molar-refractivity contribution in [3.8, 4) is 5.75 Å². The zero-order valence-electron chi connectivity index (χ0n) is 22.0. The first kappa shape index (κ1) is 30.1. The van der Waals surface area contributed by atoms with Crippen LogP contribution in [-0.2, 0) is 26.2 Å². The SMILES string of the molecule is COc1ccccc1N(CCCC(=O)N(Cc1c(Cl)cccc1Cl)[C@H](C)C(=O)NC1CCCC1)S(C)(=O)=O. The lowest BCUT2D eigenvalue weighted by Crippen LogP contribution is -2.49. The second-order valence-corrected chi connectivity index (χ2v) is 12.2. The quantitative estimate of drug-likeness (QED) is 0.378. The third kappa shape index (κ3) is 7.77. The fraction of sp³-hybridized carbons (Fsp3) is 0.481. The fourth-order valence-electron chi connectivity index (χ4n) is 4.65. The summed E-state index contributed by atoms with van der Waals surface area (Å²) in [5.74, 6) is -0.125. The molecule has 2 amide bonds. The van der Waals surface area contributed by atoms with Gasteiger partial charge in [0.2, 0.25) is 21.8 Å². The van der Waals surface area contributed by atoms with E-state index in [4.69, 9.17) is 27.9 Å². The summed E-state index contributed by atoms with van der Waals surface area (Å²) in [4.78, 5) is 28.1. The van der Waals surface area contributed by atoms with Gasteiger partial charge < -0.3 is 15.0 Å². The minimum absolute atomic E-state index is 0.0181. The summed E-state index contributed by atoms with van der Waals surface area (Å²) in [6, 6.07) is 11.2. The van der Waals surface area contributed by atoms with Crippen molar-refractivity contribution in [2.24, 2.45) is 0 Å². The van der Waals surface area contributed by atoms with Gasteiger partial charge >= 0.3 is 0 Å². The first-order valence-electron chi connectivity index (χ1n) is 12.7. The smallest absolute Gasteiger partial charge is 0.242 e. The van der Waals surface area contributed by atoms with Gasteiger partial charge in [0.05, 0.1) is 19.1 Å². The molecule has 1 aliphatic carbocycles. The molecule has 0 unspecified atom stereocenters. The molecule has 2 aromatic carbocycles. The monoisotopic (exact) mass is 583 g/mol. The second kappa shape index (κ2) is 13.5. The van der Waals surface area contributed by atoms with Gasteiger partial charge in [0.1, 0.15) is 11.8 Å². The Bertz CT molecular complexity index is 1210. The van der Waals surface area contributed by atoms with Crippen LogP contribution in [0.2, 0.25) is 10.0 Å². The summed E-state index contributed by atoms with van der Waals surface area (Å²) in [5, 5.41) is 3.86. The van der Waals surface area contributed by atoms with Crippen molar-refractivity contribution in [3.63, 3.8) is 0 Å². The predicted molar refractivity (Wildman–Crippen MR) is 151 cm³/mol. The summed E-state index contributed by atoms with van der Waals surface area (Å²) in [5.41, 5.74) is 0.949. The van der Waals surface area contributed by atoms with E-state index in [-0.39, 0.29) is 43.8 Å². The predicted octanol–water partition coefficient (Wildman–Crippen LogP) is 5.02. The molecule has 0 heterocycles. The van der Waals surface area contributed by atoms with Gasteiger partial charge in [0.25, 0.3) is 0 Å². The standard InChI is InChI=1S/C27H35Cl2N3O5S/c1-19(27(34)30-20-10-4-5-11-20)31(18-21-22(28)12-8-13-23(21)29)26(33)16-9-17-32(38(3,35)36)24-14-6-7-15-25(24)37-2/h6-8,12-15,19-20H,4-5,9-11,16-18H2,1-3H3,(H,30,34)/t19-/m1/s1.